The van der Waals surface area contributed by atoms with Crippen LogP contribution in [0.1, 0.15) is 42.1 Å². The normalized spacial score (nSPS) is 19.5. The van der Waals surface area contributed by atoms with Crippen LogP contribution in [-0.4, -0.2) is 45.8 Å². The highest BCUT2D eigenvalue weighted by Gasteiger charge is 2.34. The average molecular weight is 351 g/mol. The number of carbonyl (C=O) groups is 2. The van der Waals surface area contributed by atoms with E-state index in [1.165, 1.54) is 0 Å². The molecule has 1 fully saturated rings. The molecule has 0 bridgehead atoms. The van der Waals surface area contributed by atoms with E-state index in [4.69, 9.17) is 0 Å². The number of aromatic nitrogens is 1. The molecule has 1 aromatic carbocycles. The van der Waals surface area contributed by atoms with Gasteiger partial charge in [-0.15, -0.1) is 0 Å². The number of benzene rings is 1. The third-order valence-electron chi connectivity index (χ3n) is 5.60. The first-order chi connectivity index (χ1) is 12.6. The minimum atomic E-state index is -0.126. The van der Waals surface area contributed by atoms with E-state index < -0.39 is 0 Å². The van der Waals surface area contributed by atoms with Gasteiger partial charge in [-0.1, -0.05) is 24.3 Å². The van der Waals surface area contributed by atoms with Crippen LogP contribution in [0.15, 0.2) is 42.6 Å². The Morgan fingerprint density at radius 2 is 1.73 bits per heavy atom. The number of hydrogen-bond donors (Lipinski definition) is 0. The van der Waals surface area contributed by atoms with Gasteiger partial charge in [0.15, 0.2) is 0 Å². The zero-order valence-corrected chi connectivity index (χ0v) is 15.2. The van der Waals surface area contributed by atoms with Crippen molar-refractivity contribution in [3.05, 3.63) is 59.4 Å². The molecule has 3 heterocycles. The minimum Gasteiger partial charge on any atom is -0.348 e. The second-order valence-electron chi connectivity index (χ2n) is 7.24. The largest absolute Gasteiger partial charge is 0.348 e. The molecule has 1 aromatic heterocycles. The van der Waals surface area contributed by atoms with Crippen LogP contribution in [0.3, 0.4) is 0 Å². The summed E-state index contributed by atoms with van der Waals surface area (Å²) in [5.74, 6) is -0.0976. The van der Waals surface area contributed by atoms with E-state index in [1.54, 1.807) is 0 Å². The minimum absolute atomic E-state index is 0.0247. The van der Waals surface area contributed by atoms with Crippen LogP contribution in [0.2, 0.25) is 0 Å². The maximum Gasteiger partial charge on any atom is 0.232 e. The van der Waals surface area contributed by atoms with Crippen LogP contribution in [0, 0.1) is 6.92 Å². The molecule has 1 atom stereocenters. The molecule has 2 amide bonds. The van der Waals surface area contributed by atoms with Crippen molar-refractivity contribution in [2.45, 2.75) is 38.8 Å². The van der Waals surface area contributed by atoms with Crippen LogP contribution in [0.5, 0.6) is 0 Å². The van der Waals surface area contributed by atoms with Gasteiger partial charge in [-0.2, -0.15) is 0 Å². The molecule has 1 unspecified atom stereocenters. The Morgan fingerprint density at radius 3 is 2.50 bits per heavy atom. The van der Waals surface area contributed by atoms with Crippen LogP contribution >= 0.6 is 0 Å². The van der Waals surface area contributed by atoms with Gasteiger partial charge < -0.3 is 14.4 Å². The number of carbonyl (C=O) groups excluding carboxylic acids is 2. The summed E-state index contributed by atoms with van der Waals surface area (Å²) < 4.78 is 2.21. The Kier molecular flexibility index (Phi) is 4.53. The Labute approximate surface area is 154 Å². The predicted molar refractivity (Wildman–Crippen MR) is 99.6 cm³/mol. The van der Waals surface area contributed by atoms with Crippen molar-refractivity contribution < 1.29 is 9.59 Å². The molecule has 4 rings (SSSR count). The highest BCUT2D eigenvalue weighted by Crippen LogP contribution is 2.34. The first-order valence-electron chi connectivity index (χ1n) is 9.43. The van der Waals surface area contributed by atoms with Gasteiger partial charge in [-0.05, 0) is 43.0 Å². The van der Waals surface area contributed by atoms with E-state index in [9.17, 15) is 9.59 Å². The summed E-state index contributed by atoms with van der Waals surface area (Å²) in [6.45, 7) is 5.06. The van der Waals surface area contributed by atoms with E-state index in [0.717, 1.165) is 49.3 Å². The van der Waals surface area contributed by atoms with Crippen LogP contribution < -0.4 is 0 Å². The van der Waals surface area contributed by atoms with E-state index >= 15 is 0 Å². The van der Waals surface area contributed by atoms with E-state index in [-0.39, 0.29) is 24.3 Å². The first-order valence-corrected chi connectivity index (χ1v) is 9.43. The van der Waals surface area contributed by atoms with Gasteiger partial charge in [0.2, 0.25) is 11.8 Å². The van der Waals surface area contributed by atoms with Crippen molar-refractivity contribution in [2.24, 2.45) is 0 Å². The van der Waals surface area contributed by atoms with E-state index in [1.807, 2.05) is 28.0 Å². The Bertz CT molecular complexity index is 820. The summed E-state index contributed by atoms with van der Waals surface area (Å²) in [5.41, 5.74) is 3.41. The molecule has 1 saturated heterocycles. The average Bonchev–Trinajstić information content (AvgIpc) is 3.33. The van der Waals surface area contributed by atoms with Crippen molar-refractivity contribution in [3.8, 4) is 0 Å². The summed E-state index contributed by atoms with van der Waals surface area (Å²) in [6, 6.07) is 12.2. The molecule has 2 aromatic rings. The first kappa shape index (κ1) is 16.9. The lowest BCUT2D eigenvalue weighted by Crippen LogP contribution is -2.44. The Morgan fingerprint density at radius 1 is 0.962 bits per heavy atom. The second kappa shape index (κ2) is 6.98. The fourth-order valence-corrected chi connectivity index (χ4v) is 4.18. The van der Waals surface area contributed by atoms with Gasteiger partial charge in [0.25, 0.3) is 0 Å². The molecular weight excluding hydrogens is 326 g/mol. The quantitative estimate of drug-likeness (QED) is 0.798. The number of aryl methyl sites for hydroxylation is 1. The van der Waals surface area contributed by atoms with E-state index in [0.29, 0.717) is 6.54 Å². The third-order valence-corrected chi connectivity index (χ3v) is 5.60. The third kappa shape index (κ3) is 3.02. The monoisotopic (exact) mass is 351 g/mol. The molecule has 0 spiro atoms. The summed E-state index contributed by atoms with van der Waals surface area (Å²) in [5, 5.41) is 0. The fourth-order valence-electron chi connectivity index (χ4n) is 4.18. The number of likely N-dealkylation sites (tertiary alicyclic amines) is 1. The topological polar surface area (TPSA) is 45.6 Å². The lowest BCUT2D eigenvalue weighted by molar-refractivity contribution is -0.141. The van der Waals surface area contributed by atoms with Crippen LogP contribution in [0.4, 0.5) is 0 Å². The van der Waals surface area contributed by atoms with E-state index in [2.05, 4.69) is 35.9 Å². The van der Waals surface area contributed by atoms with Gasteiger partial charge >= 0.3 is 0 Å². The van der Waals surface area contributed by atoms with Crippen molar-refractivity contribution >= 4 is 11.8 Å². The Hall–Kier alpha value is -2.56. The molecule has 0 radical (unpaired) electrons. The molecular formula is C21H25N3O2. The zero-order valence-electron chi connectivity index (χ0n) is 15.2. The van der Waals surface area contributed by atoms with Crippen molar-refractivity contribution in [1.29, 1.82) is 0 Å². The number of nitrogens with zero attached hydrogens (tertiary/aromatic N) is 3. The second-order valence-corrected chi connectivity index (χ2v) is 7.24. The SMILES string of the molecule is Cc1ccccc1C1c2cccn2CCN1C(=O)CC(=O)N1CCCC1. The van der Waals surface area contributed by atoms with Gasteiger partial charge in [-0.25, -0.2) is 0 Å². The maximum atomic E-state index is 13.1. The number of fused-ring (bicyclic) bond motifs is 1. The molecule has 26 heavy (non-hydrogen) atoms. The van der Waals surface area contributed by atoms with Crippen molar-refractivity contribution in [1.82, 2.24) is 14.4 Å². The Balaban J connectivity index is 1.62. The summed E-state index contributed by atoms with van der Waals surface area (Å²) in [7, 11) is 0. The molecule has 5 heteroatoms. The number of amides is 2. The zero-order chi connectivity index (χ0) is 18.1. The molecule has 136 valence electrons. The standard InChI is InChI=1S/C21H25N3O2/c1-16-7-2-3-8-17(16)21-18-9-6-12-22(18)13-14-24(21)20(26)15-19(25)23-10-4-5-11-23/h2-3,6-9,12,21H,4-5,10-11,13-15H2,1H3. The lowest BCUT2D eigenvalue weighted by Gasteiger charge is -2.38. The van der Waals surface area contributed by atoms with Gasteiger partial charge in [0, 0.05) is 38.1 Å². The summed E-state index contributed by atoms with van der Waals surface area (Å²) in [6.07, 6.45) is 4.13. The maximum absolute atomic E-state index is 13.1. The van der Waals surface area contributed by atoms with Gasteiger partial charge in [-0.3, -0.25) is 9.59 Å². The predicted octanol–water partition coefficient (Wildman–Crippen LogP) is 2.74. The van der Waals surface area contributed by atoms with Crippen molar-refractivity contribution in [3.63, 3.8) is 0 Å². The summed E-state index contributed by atoms with van der Waals surface area (Å²) in [4.78, 5) is 29.3. The molecule has 0 N–H and O–H groups in total. The van der Waals surface area contributed by atoms with Crippen LogP contribution in [-0.2, 0) is 16.1 Å². The lowest BCUT2D eigenvalue weighted by atomic mass is 9.95. The number of hydrogen-bond acceptors (Lipinski definition) is 2. The highest BCUT2D eigenvalue weighted by molar-refractivity contribution is 5.97. The number of rotatable bonds is 3. The summed E-state index contributed by atoms with van der Waals surface area (Å²) >= 11 is 0. The molecule has 0 saturated carbocycles. The molecule has 5 nitrogen and oxygen atoms in total. The smallest absolute Gasteiger partial charge is 0.232 e. The fraction of sp³-hybridized carbons (Fsp3) is 0.429. The molecule has 2 aliphatic heterocycles. The molecule has 2 aliphatic rings. The van der Waals surface area contributed by atoms with Crippen LogP contribution in [0.25, 0.3) is 0 Å². The van der Waals surface area contributed by atoms with Crippen molar-refractivity contribution in [2.75, 3.05) is 19.6 Å². The van der Waals surface area contributed by atoms with Gasteiger partial charge in [0.1, 0.15) is 6.42 Å². The molecule has 0 aliphatic carbocycles. The van der Waals surface area contributed by atoms with Gasteiger partial charge in [0.05, 0.1) is 6.04 Å². The highest BCUT2D eigenvalue weighted by atomic mass is 16.2.